The molecule has 0 unspecified atom stereocenters. The summed E-state index contributed by atoms with van der Waals surface area (Å²) >= 11 is 0. The van der Waals surface area contributed by atoms with Gasteiger partial charge in [-0.2, -0.15) is 4.99 Å². The van der Waals surface area contributed by atoms with E-state index in [2.05, 4.69) is 15.2 Å². The molecule has 0 saturated carbocycles. The third-order valence-electron chi connectivity index (χ3n) is 4.38. The maximum absolute atomic E-state index is 12.6. The lowest BCUT2D eigenvalue weighted by atomic mass is 10.1. The van der Waals surface area contributed by atoms with Crippen molar-refractivity contribution in [2.24, 2.45) is 16.5 Å². The molecular formula is C19H24N6O3. The van der Waals surface area contributed by atoms with Crippen molar-refractivity contribution in [1.82, 2.24) is 14.8 Å². The zero-order valence-electron chi connectivity index (χ0n) is 15.5. The number of carbonyl (C=O) groups is 2. The molecule has 9 heteroatoms. The topological polar surface area (TPSA) is 128 Å². The minimum absolute atomic E-state index is 0.234. The number of nitrogens with one attached hydrogen (secondary N) is 1. The molecule has 2 amide bonds. The Bertz CT molecular complexity index is 853. The minimum Gasteiger partial charge on any atom is -0.379 e. The first-order chi connectivity index (χ1) is 13.5. The lowest BCUT2D eigenvalue weighted by Gasteiger charge is -2.26. The smallest absolute Gasteiger partial charge is 0.280 e. The van der Waals surface area contributed by atoms with Gasteiger partial charge in [0.1, 0.15) is 0 Å². The number of nitrogens with zero attached hydrogens (tertiary/aromatic N) is 3. The highest BCUT2D eigenvalue weighted by Crippen LogP contribution is 2.16. The molecule has 0 aliphatic carbocycles. The van der Waals surface area contributed by atoms with Crippen LogP contribution in [0.4, 0.5) is 0 Å². The Balaban J connectivity index is 1.76. The second kappa shape index (κ2) is 9.16. The maximum atomic E-state index is 12.6. The van der Waals surface area contributed by atoms with Crippen molar-refractivity contribution in [3.05, 3.63) is 53.9 Å². The molecule has 5 N–H and O–H groups in total. The van der Waals surface area contributed by atoms with E-state index in [0.29, 0.717) is 31.0 Å². The number of benzene rings is 1. The molecular weight excluding hydrogens is 360 g/mol. The van der Waals surface area contributed by atoms with Crippen LogP contribution in [-0.2, 0) is 4.74 Å². The summed E-state index contributed by atoms with van der Waals surface area (Å²) in [4.78, 5) is 30.7. The van der Waals surface area contributed by atoms with E-state index in [1.807, 2.05) is 24.5 Å². The molecule has 1 aromatic heterocycles. The van der Waals surface area contributed by atoms with Crippen molar-refractivity contribution in [2.45, 2.75) is 0 Å². The Morgan fingerprint density at radius 1 is 1.07 bits per heavy atom. The summed E-state index contributed by atoms with van der Waals surface area (Å²) < 4.78 is 7.12. The van der Waals surface area contributed by atoms with Gasteiger partial charge in [0, 0.05) is 55.4 Å². The zero-order valence-corrected chi connectivity index (χ0v) is 15.5. The summed E-state index contributed by atoms with van der Waals surface area (Å²) in [7, 11) is 0. The summed E-state index contributed by atoms with van der Waals surface area (Å²) in [5, 5.41) is 2.90. The lowest BCUT2D eigenvalue weighted by Crippen LogP contribution is -2.41. The van der Waals surface area contributed by atoms with Gasteiger partial charge in [-0.1, -0.05) is 0 Å². The van der Waals surface area contributed by atoms with Gasteiger partial charge >= 0.3 is 0 Å². The lowest BCUT2D eigenvalue weighted by molar-refractivity contribution is 0.0383. The van der Waals surface area contributed by atoms with Crippen LogP contribution in [0.3, 0.4) is 0 Å². The maximum Gasteiger partial charge on any atom is 0.280 e. The Hall–Kier alpha value is -3.17. The standard InChI is InChI=1S/C19H24N6O3/c20-19(21)23-18(27)15-11-14(12-16(13-15)25-4-1-2-5-25)17(26)22-3-6-24-7-9-28-10-8-24/h1-2,4-5,11-13H,3,6-10H2,(H,22,26)(H4,20,21,23,27). The summed E-state index contributed by atoms with van der Waals surface area (Å²) in [6.07, 6.45) is 3.65. The molecule has 0 atom stereocenters. The van der Waals surface area contributed by atoms with E-state index < -0.39 is 5.91 Å². The van der Waals surface area contributed by atoms with E-state index in [4.69, 9.17) is 16.2 Å². The van der Waals surface area contributed by atoms with E-state index in [-0.39, 0.29) is 17.4 Å². The number of aliphatic imine (C=N–C) groups is 1. The first-order valence-corrected chi connectivity index (χ1v) is 9.03. The number of aromatic nitrogens is 1. The monoisotopic (exact) mass is 384 g/mol. The van der Waals surface area contributed by atoms with E-state index >= 15 is 0 Å². The molecule has 9 nitrogen and oxygen atoms in total. The average molecular weight is 384 g/mol. The second-order valence-electron chi connectivity index (χ2n) is 6.41. The molecule has 1 aliphatic heterocycles. The van der Waals surface area contributed by atoms with Crippen molar-refractivity contribution in [3.63, 3.8) is 0 Å². The number of morpholine rings is 1. The SMILES string of the molecule is NC(N)=NC(=O)c1cc(C(=O)NCCN2CCOCC2)cc(-n2cccc2)c1. The summed E-state index contributed by atoms with van der Waals surface area (Å²) in [5.41, 5.74) is 11.9. The van der Waals surface area contributed by atoms with Gasteiger partial charge in [-0.05, 0) is 30.3 Å². The molecule has 0 spiro atoms. The number of nitrogens with two attached hydrogens (primary N) is 2. The first kappa shape index (κ1) is 19.6. The quantitative estimate of drug-likeness (QED) is 0.473. The minimum atomic E-state index is -0.601. The van der Waals surface area contributed by atoms with Crippen LogP contribution in [0.1, 0.15) is 20.7 Å². The molecule has 0 bridgehead atoms. The predicted octanol–water partition coefficient (Wildman–Crippen LogP) is -0.0471. The van der Waals surface area contributed by atoms with Gasteiger partial charge in [0.05, 0.1) is 13.2 Å². The Kier molecular flexibility index (Phi) is 6.41. The van der Waals surface area contributed by atoms with Crippen LogP contribution >= 0.6 is 0 Å². The normalized spacial score (nSPS) is 14.4. The van der Waals surface area contributed by atoms with Crippen LogP contribution in [0.5, 0.6) is 0 Å². The van der Waals surface area contributed by atoms with Gasteiger partial charge in [0.2, 0.25) is 0 Å². The molecule has 1 fully saturated rings. The van der Waals surface area contributed by atoms with Crippen molar-refractivity contribution in [1.29, 1.82) is 0 Å². The number of carbonyl (C=O) groups excluding carboxylic acids is 2. The highest BCUT2D eigenvalue weighted by atomic mass is 16.5. The van der Waals surface area contributed by atoms with Crippen molar-refractivity contribution in [2.75, 3.05) is 39.4 Å². The van der Waals surface area contributed by atoms with Crippen molar-refractivity contribution < 1.29 is 14.3 Å². The number of rotatable bonds is 6. The predicted molar refractivity (Wildman–Crippen MR) is 106 cm³/mol. The van der Waals surface area contributed by atoms with E-state index in [9.17, 15) is 9.59 Å². The largest absolute Gasteiger partial charge is 0.379 e. The summed E-state index contributed by atoms with van der Waals surface area (Å²) in [6, 6.07) is 8.56. The van der Waals surface area contributed by atoms with Gasteiger partial charge in [-0.15, -0.1) is 0 Å². The number of hydrogen-bond donors (Lipinski definition) is 3. The van der Waals surface area contributed by atoms with Crippen LogP contribution < -0.4 is 16.8 Å². The molecule has 2 heterocycles. The van der Waals surface area contributed by atoms with Gasteiger partial charge < -0.3 is 26.1 Å². The molecule has 2 aromatic rings. The number of guanidine groups is 1. The van der Waals surface area contributed by atoms with Crippen molar-refractivity contribution >= 4 is 17.8 Å². The molecule has 1 saturated heterocycles. The summed E-state index contributed by atoms with van der Waals surface area (Å²) in [5.74, 6) is -1.19. The van der Waals surface area contributed by atoms with Crippen LogP contribution in [0.25, 0.3) is 5.69 Å². The molecule has 1 aliphatic rings. The van der Waals surface area contributed by atoms with Crippen LogP contribution in [0, 0.1) is 0 Å². The molecule has 1 aromatic carbocycles. The van der Waals surface area contributed by atoms with Gasteiger partial charge in [0.25, 0.3) is 11.8 Å². The van der Waals surface area contributed by atoms with Crippen LogP contribution in [0.15, 0.2) is 47.7 Å². The average Bonchev–Trinajstić information content (AvgIpc) is 3.23. The van der Waals surface area contributed by atoms with Gasteiger partial charge in [0.15, 0.2) is 5.96 Å². The molecule has 148 valence electrons. The number of hydrogen-bond acceptors (Lipinski definition) is 4. The second-order valence-corrected chi connectivity index (χ2v) is 6.41. The van der Waals surface area contributed by atoms with Gasteiger partial charge in [-0.25, -0.2) is 0 Å². The van der Waals surface area contributed by atoms with E-state index in [1.165, 1.54) is 6.07 Å². The number of amides is 2. The zero-order chi connectivity index (χ0) is 19.9. The Morgan fingerprint density at radius 2 is 1.75 bits per heavy atom. The third-order valence-corrected chi connectivity index (χ3v) is 4.38. The first-order valence-electron chi connectivity index (χ1n) is 9.03. The highest BCUT2D eigenvalue weighted by Gasteiger charge is 2.15. The van der Waals surface area contributed by atoms with Crippen LogP contribution in [0.2, 0.25) is 0 Å². The molecule has 3 rings (SSSR count). The Morgan fingerprint density at radius 3 is 2.43 bits per heavy atom. The van der Waals surface area contributed by atoms with E-state index in [1.54, 1.807) is 16.7 Å². The van der Waals surface area contributed by atoms with Gasteiger partial charge in [-0.3, -0.25) is 14.5 Å². The molecule has 28 heavy (non-hydrogen) atoms. The molecule has 0 radical (unpaired) electrons. The van der Waals surface area contributed by atoms with Crippen LogP contribution in [-0.4, -0.2) is 66.6 Å². The fraction of sp³-hybridized carbons (Fsp3) is 0.316. The third kappa shape index (κ3) is 5.18. The number of ether oxygens (including phenoxy) is 1. The van der Waals surface area contributed by atoms with Crippen molar-refractivity contribution in [3.8, 4) is 5.69 Å². The highest BCUT2D eigenvalue weighted by molar-refractivity contribution is 6.04. The summed E-state index contributed by atoms with van der Waals surface area (Å²) in [6.45, 7) is 4.38. The fourth-order valence-corrected chi connectivity index (χ4v) is 2.96. The van der Waals surface area contributed by atoms with E-state index in [0.717, 1.165) is 19.6 Å². The fourth-order valence-electron chi connectivity index (χ4n) is 2.96. The Labute approximate surface area is 163 Å².